The second kappa shape index (κ2) is 10.9. The molecule has 0 bridgehead atoms. The SMILES string of the molecule is CN=C(NCCS(=O)(=O)C(C)(C)C)NCc1ccccc1OC(F)F.I. The molecule has 0 aliphatic carbocycles. The minimum Gasteiger partial charge on any atom is -0.434 e. The number of nitrogens with one attached hydrogen (secondary N) is 2. The minimum atomic E-state index is -3.24. The molecule has 2 N–H and O–H groups in total. The van der Waals surface area contributed by atoms with Gasteiger partial charge < -0.3 is 15.4 Å². The average molecular weight is 505 g/mol. The van der Waals surface area contributed by atoms with Gasteiger partial charge in [0.05, 0.1) is 10.5 Å². The molecular formula is C16H26F2IN3O3S. The molecule has 1 aromatic rings. The highest BCUT2D eigenvalue weighted by Gasteiger charge is 2.28. The van der Waals surface area contributed by atoms with E-state index in [1.165, 1.54) is 13.1 Å². The molecule has 6 nitrogen and oxygen atoms in total. The lowest BCUT2D eigenvalue weighted by atomic mass is 10.2. The summed E-state index contributed by atoms with van der Waals surface area (Å²) in [6, 6.07) is 6.42. The molecule has 0 unspecified atom stereocenters. The topological polar surface area (TPSA) is 79.8 Å². The van der Waals surface area contributed by atoms with Crippen molar-refractivity contribution in [1.29, 1.82) is 0 Å². The average Bonchev–Trinajstić information content (AvgIpc) is 2.50. The van der Waals surface area contributed by atoms with Gasteiger partial charge in [0.1, 0.15) is 5.75 Å². The van der Waals surface area contributed by atoms with Crippen LogP contribution in [0.3, 0.4) is 0 Å². The van der Waals surface area contributed by atoms with E-state index in [9.17, 15) is 17.2 Å². The molecule has 0 aromatic heterocycles. The summed E-state index contributed by atoms with van der Waals surface area (Å²) in [4.78, 5) is 3.99. The highest BCUT2D eigenvalue weighted by molar-refractivity contribution is 14.0. The van der Waals surface area contributed by atoms with Gasteiger partial charge in [0.2, 0.25) is 0 Å². The van der Waals surface area contributed by atoms with Crippen LogP contribution in [-0.4, -0.2) is 45.1 Å². The molecule has 0 fully saturated rings. The highest BCUT2D eigenvalue weighted by Crippen LogP contribution is 2.20. The number of halogens is 3. The van der Waals surface area contributed by atoms with Crippen molar-refractivity contribution in [3.63, 3.8) is 0 Å². The largest absolute Gasteiger partial charge is 0.434 e. The molecule has 0 aliphatic heterocycles. The fourth-order valence-corrected chi connectivity index (χ4v) is 2.85. The van der Waals surface area contributed by atoms with Crippen molar-refractivity contribution < 1.29 is 21.9 Å². The Morgan fingerprint density at radius 3 is 2.38 bits per heavy atom. The maximum absolute atomic E-state index is 12.4. The first kappa shape index (κ1) is 24.8. The number of hydrogen-bond acceptors (Lipinski definition) is 4. The number of ether oxygens (including phenoxy) is 1. The molecule has 0 heterocycles. The third-order valence-electron chi connectivity index (χ3n) is 3.45. The maximum atomic E-state index is 12.4. The van der Waals surface area contributed by atoms with Gasteiger partial charge >= 0.3 is 6.61 Å². The highest BCUT2D eigenvalue weighted by atomic mass is 127. The van der Waals surface area contributed by atoms with E-state index in [0.29, 0.717) is 11.5 Å². The minimum absolute atomic E-state index is 0. The van der Waals surface area contributed by atoms with Gasteiger partial charge in [-0.15, -0.1) is 24.0 Å². The lowest BCUT2D eigenvalue weighted by molar-refractivity contribution is -0.0504. The number of sulfone groups is 1. The molecule has 0 atom stereocenters. The Balaban J connectivity index is 0.00000625. The van der Waals surface area contributed by atoms with Crippen LogP contribution >= 0.6 is 24.0 Å². The molecule has 0 amide bonds. The Bertz CT molecular complexity index is 692. The fraction of sp³-hybridized carbons (Fsp3) is 0.562. The van der Waals surface area contributed by atoms with Gasteiger partial charge in [0, 0.05) is 25.7 Å². The van der Waals surface area contributed by atoms with E-state index >= 15 is 0 Å². The van der Waals surface area contributed by atoms with E-state index in [4.69, 9.17) is 0 Å². The molecule has 10 heteroatoms. The van der Waals surface area contributed by atoms with Crippen LogP contribution in [0.1, 0.15) is 26.3 Å². The maximum Gasteiger partial charge on any atom is 0.387 e. The molecule has 1 aromatic carbocycles. The summed E-state index contributed by atoms with van der Waals surface area (Å²) in [5.74, 6) is 0.411. The quantitative estimate of drug-likeness (QED) is 0.339. The van der Waals surface area contributed by atoms with Crippen LogP contribution in [0, 0.1) is 0 Å². The standard InChI is InChI=1S/C16H25F2N3O3S.HI/c1-16(2,3)25(22,23)10-9-20-15(19-4)21-11-12-7-5-6-8-13(12)24-14(17)18;/h5-8,14H,9-11H2,1-4H3,(H2,19,20,21);1H. The van der Waals surface area contributed by atoms with Gasteiger partial charge in [-0.05, 0) is 26.8 Å². The van der Waals surface area contributed by atoms with Gasteiger partial charge in [-0.1, -0.05) is 18.2 Å². The summed E-state index contributed by atoms with van der Waals surface area (Å²) in [7, 11) is -1.70. The van der Waals surface area contributed by atoms with Crippen molar-refractivity contribution >= 4 is 39.8 Å². The Hall–Kier alpha value is -1.17. The lowest BCUT2D eigenvalue weighted by Crippen LogP contribution is -2.41. The predicted octanol–water partition coefficient (Wildman–Crippen LogP) is 2.78. The second-order valence-electron chi connectivity index (χ2n) is 6.27. The van der Waals surface area contributed by atoms with Crippen LogP contribution in [0.15, 0.2) is 29.3 Å². The zero-order chi connectivity index (χ0) is 19.1. The number of para-hydroxylation sites is 1. The molecule has 0 radical (unpaired) electrons. The summed E-state index contributed by atoms with van der Waals surface area (Å²) >= 11 is 0. The van der Waals surface area contributed by atoms with Gasteiger partial charge in [0.15, 0.2) is 15.8 Å². The summed E-state index contributed by atoms with van der Waals surface area (Å²) in [6.07, 6.45) is 0. The normalized spacial score (nSPS) is 12.5. The number of rotatable bonds is 7. The van der Waals surface area contributed by atoms with Crippen molar-refractivity contribution in [2.45, 2.75) is 38.7 Å². The molecule has 150 valence electrons. The third-order valence-corrected chi connectivity index (χ3v) is 6.06. The van der Waals surface area contributed by atoms with E-state index in [1.54, 1.807) is 39.0 Å². The Morgan fingerprint density at radius 2 is 1.85 bits per heavy atom. The molecule has 0 aliphatic rings. The molecule has 0 spiro atoms. The van der Waals surface area contributed by atoms with Crippen LogP contribution in [0.4, 0.5) is 8.78 Å². The zero-order valence-electron chi connectivity index (χ0n) is 15.3. The Kier molecular flexibility index (Phi) is 10.4. The van der Waals surface area contributed by atoms with Crippen LogP contribution in [0.25, 0.3) is 0 Å². The summed E-state index contributed by atoms with van der Waals surface area (Å²) in [5, 5.41) is 5.84. The molecular weight excluding hydrogens is 479 g/mol. The molecule has 0 saturated carbocycles. The number of nitrogens with zero attached hydrogens (tertiary/aromatic N) is 1. The number of alkyl halides is 2. The van der Waals surface area contributed by atoms with Crippen LogP contribution < -0.4 is 15.4 Å². The Labute approximate surface area is 170 Å². The van der Waals surface area contributed by atoms with Crippen LogP contribution in [0.2, 0.25) is 0 Å². The molecule has 0 saturated heterocycles. The van der Waals surface area contributed by atoms with Crippen molar-refractivity contribution in [3.8, 4) is 5.75 Å². The smallest absolute Gasteiger partial charge is 0.387 e. The number of aliphatic imine (C=N–C) groups is 1. The lowest BCUT2D eigenvalue weighted by Gasteiger charge is -2.20. The summed E-state index contributed by atoms with van der Waals surface area (Å²) < 4.78 is 52.6. The van der Waals surface area contributed by atoms with E-state index in [0.717, 1.165) is 0 Å². The van der Waals surface area contributed by atoms with Gasteiger partial charge in [-0.25, -0.2) is 8.42 Å². The molecule has 26 heavy (non-hydrogen) atoms. The van der Waals surface area contributed by atoms with Crippen molar-refractivity contribution in [2.24, 2.45) is 4.99 Å². The number of guanidine groups is 1. The van der Waals surface area contributed by atoms with Crippen molar-refractivity contribution in [2.75, 3.05) is 19.3 Å². The van der Waals surface area contributed by atoms with Crippen LogP contribution in [-0.2, 0) is 16.4 Å². The zero-order valence-corrected chi connectivity index (χ0v) is 18.4. The monoisotopic (exact) mass is 505 g/mol. The number of hydrogen-bond donors (Lipinski definition) is 2. The second-order valence-corrected chi connectivity index (χ2v) is 9.13. The first-order valence-electron chi connectivity index (χ1n) is 7.76. The third kappa shape index (κ3) is 8.02. The summed E-state index contributed by atoms with van der Waals surface area (Å²) in [5.41, 5.74) is 0.535. The van der Waals surface area contributed by atoms with E-state index < -0.39 is 21.2 Å². The van der Waals surface area contributed by atoms with Gasteiger partial charge in [-0.3, -0.25) is 4.99 Å². The van der Waals surface area contributed by atoms with Gasteiger partial charge in [0.25, 0.3) is 0 Å². The van der Waals surface area contributed by atoms with Crippen molar-refractivity contribution in [1.82, 2.24) is 10.6 Å². The predicted molar refractivity (Wildman–Crippen MR) is 110 cm³/mol. The Morgan fingerprint density at radius 1 is 1.23 bits per heavy atom. The van der Waals surface area contributed by atoms with E-state index in [1.807, 2.05) is 0 Å². The van der Waals surface area contributed by atoms with E-state index in [-0.39, 0.29) is 48.6 Å². The first-order chi connectivity index (χ1) is 11.6. The number of benzene rings is 1. The van der Waals surface area contributed by atoms with E-state index in [2.05, 4.69) is 20.4 Å². The van der Waals surface area contributed by atoms with Crippen molar-refractivity contribution in [3.05, 3.63) is 29.8 Å². The fourth-order valence-electron chi connectivity index (χ4n) is 1.87. The first-order valence-corrected chi connectivity index (χ1v) is 9.41. The van der Waals surface area contributed by atoms with Crippen LogP contribution in [0.5, 0.6) is 5.75 Å². The summed E-state index contributed by atoms with van der Waals surface area (Å²) in [6.45, 7) is 2.43. The van der Waals surface area contributed by atoms with Gasteiger partial charge in [-0.2, -0.15) is 8.78 Å². The molecule has 1 rings (SSSR count).